The van der Waals surface area contributed by atoms with Gasteiger partial charge in [-0.2, -0.15) is 0 Å². The van der Waals surface area contributed by atoms with E-state index < -0.39 is 0 Å². The quantitative estimate of drug-likeness (QED) is 0.848. The number of hydrogen-bond donors (Lipinski definition) is 1. The molecule has 0 spiro atoms. The minimum atomic E-state index is -0.375. The summed E-state index contributed by atoms with van der Waals surface area (Å²) in [6.45, 7) is 12.0. The highest BCUT2D eigenvalue weighted by atomic mass is 16.5. The van der Waals surface area contributed by atoms with Crippen LogP contribution >= 0.6 is 0 Å². The summed E-state index contributed by atoms with van der Waals surface area (Å²) in [6, 6.07) is 7.47. The Hall–Kier alpha value is -1.71. The van der Waals surface area contributed by atoms with E-state index in [1.165, 1.54) is 0 Å². The molecule has 0 saturated carbocycles. The zero-order chi connectivity index (χ0) is 16.8. The number of amides is 1. The Morgan fingerprint density at radius 3 is 2.18 bits per heavy atom. The predicted octanol–water partition coefficient (Wildman–Crippen LogP) is 4.38. The van der Waals surface area contributed by atoms with Crippen LogP contribution in [0.25, 0.3) is 0 Å². The molecule has 1 aromatic rings. The number of alkyl carbamates (subject to hydrolysis) is 1. The second-order valence-electron chi connectivity index (χ2n) is 7.23. The maximum Gasteiger partial charge on any atom is 0.407 e. The Labute approximate surface area is 134 Å². The first-order chi connectivity index (χ1) is 10.2. The average Bonchev–Trinajstić information content (AvgIpc) is 2.44. The molecule has 1 N–H and O–H groups in total. The van der Waals surface area contributed by atoms with Gasteiger partial charge in [0.05, 0.1) is 7.11 Å². The van der Waals surface area contributed by atoms with Crippen molar-refractivity contribution >= 4 is 6.09 Å². The van der Waals surface area contributed by atoms with E-state index in [1.807, 2.05) is 24.3 Å². The first-order valence-electron chi connectivity index (χ1n) is 7.69. The number of rotatable bonds is 6. The Bertz CT molecular complexity index is 472. The molecular formula is C18H29NO3. The molecular weight excluding hydrogens is 278 g/mol. The van der Waals surface area contributed by atoms with Crippen molar-refractivity contribution in [1.29, 1.82) is 0 Å². The third-order valence-corrected chi connectivity index (χ3v) is 4.58. The molecule has 0 aliphatic heterocycles. The fourth-order valence-electron chi connectivity index (χ4n) is 1.77. The van der Waals surface area contributed by atoms with E-state index in [2.05, 4.69) is 39.9 Å². The molecule has 1 aromatic carbocycles. The van der Waals surface area contributed by atoms with E-state index in [0.717, 1.165) is 17.7 Å². The smallest absolute Gasteiger partial charge is 0.407 e. The van der Waals surface area contributed by atoms with Gasteiger partial charge in [-0.15, -0.1) is 0 Å². The summed E-state index contributed by atoms with van der Waals surface area (Å²) in [5, 5.41) is 2.82. The monoisotopic (exact) mass is 307 g/mol. The highest BCUT2D eigenvalue weighted by Gasteiger charge is 2.32. The van der Waals surface area contributed by atoms with Crippen LogP contribution in [0.5, 0.6) is 5.75 Å². The summed E-state index contributed by atoms with van der Waals surface area (Å²) in [4.78, 5) is 11.7. The number of carbonyl (C=O) groups excluding carboxylic acids is 1. The third-order valence-electron chi connectivity index (χ3n) is 4.58. The minimum absolute atomic E-state index is 0.149. The van der Waals surface area contributed by atoms with Crippen molar-refractivity contribution in [1.82, 2.24) is 5.32 Å². The normalized spacial score (nSPS) is 11.9. The molecule has 0 radical (unpaired) electrons. The van der Waals surface area contributed by atoms with Crippen LogP contribution in [0.3, 0.4) is 0 Å². The zero-order valence-corrected chi connectivity index (χ0v) is 14.7. The van der Waals surface area contributed by atoms with Gasteiger partial charge in [-0.3, -0.25) is 0 Å². The van der Waals surface area contributed by atoms with Gasteiger partial charge in [-0.05, 0) is 34.9 Å². The summed E-state index contributed by atoms with van der Waals surface area (Å²) in [7, 11) is 1.62. The number of hydrogen-bond acceptors (Lipinski definition) is 3. The topological polar surface area (TPSA) is 47.6 Å². The van der Waals surface area contributed by atoms with E-state index in [0.29, 0.717) is 6.54 Å². The Kier molecular flexibility index (Phi) is 6.27. The van der Waals surface area contributed by atoms with Gasteiger partial charge in [0.2, 0.25) is 0 Å². The van der Waals surface area contributed by atoms with Crippen molar-refractivity contribution in [3.8, 4) is 5.75 Å². The van der Waals surface area contributed by atoms with Crippen molar-refractivity contribution in [2.75, 3.05) is 13.7 Å². The Balaban J connectivity index is 2.32. The molecule has 22 heavy (non-hydrogen) atoms. The van der Waals surface area contributed by atoms with Gasteiger partial charge in [0.25, 0.3) is 0 Å². The lowest BCUT2D eigenvalue weighted by molar-refractivity contribution is 0.112. The van der Waals surface area contributed by atoms with Crippen LogP contribution in [0.2, 0.25) is 0 Å². The molecule has 0 aromatic heterocycles. The molecule has 0 unspecified atom stereocenters. The molecule has 124 valence electrons. The van der Waals surface area contributed by atoms with Gasteiger partial charge >= 0.3 is 6.09 Å². The summed E-state index contributed by atoms with van der Waals surface area (Å²) in [5.74, 6) is 0.789. The first-order valence-corrected chi connectivity index (χ1v) is 7.69. The summed E-state index contributed by atoms with van der Waals surface area (Å²) in [5.41, 5.74) is 1.28. The highest BCUT2D eigenvalue weighted by Crippen LogP contribution is 2.40. The summed E-state index contributed by atoms with van der Waals surface area (Å²) < 4.78 is 10.3. The molecule has 0 heterocycles. The zero-order valence-electron chi connectivity index (χ0n) is 14.7. The van der Waals surface area contributed by atoms with Gasteiger partial charge in [-0.1, -0.05) is 46.8 Å². The van der Waals surface area contributed by atoms with Crippen molar-refractivity contribution in [3.63, 3.8) is 0 Å². The van der Waals surface area contributed by atoms with Crippen molar-refractivity contribution in [2.45, 2.75) is 47.6 Å². The fourth-order valence-corrected chi connectivity index (χ4v) is 1.77. The number of ether oxygens (including phenoxy) is 2. The molecule has 1 amide bonds. The van der Waals surface area contributed by atoms with Gasteiger partial charge in [0, 0.05) is 6.54 Å². The van der Waals surface area contributed by atoms with Crippen molar-refractivity contribution in [2.24, 2.45) is 10.8 Å². The minimum Gasteiger partial charge on any atom is -0.497 e. The van der Waals surface area contributed by atoms with Crippen LogP contribution in [0.4, 0.5) is 4.79 Å². The molecule has 1 rings (SSSR count). The lowest BCUT2D eigenvalue weighted by Crippen LogP contribution is -2.35. The Morgan fingerprint density at radius 1 is 1.09 bits per heavy atom. The molecule has 0 saturated heterocycles. The molecule has 0 aliphatic rings. The fraction of sp³-hybridized carbons (Fsp3) is 0.611. The van der Waals surface area contributed by atoms with E-state index >= 15 is 0 Å². The second kappa shape index (κ2) is 7.52. The van der Waals surface area contributed by atoms with E-state index in [4.69, 9.17) is 9.47 Å². The Morgan fingerprint density at radius 2 is 1.68 bits per heavy atom. The summed E-state index contributed by atoms with van der Waals surface area (Å²) >= 11 is 0. The van der Waals surface area contributed by atoms with Crippen LogP contribution in [-0.2, 0) is 11.3 Å². The van der Waals surface area contributed by atoms with Crippen LogP contribution in [0.15, 0.2) is 24.3 Å². The van der Waals surface area contributed by atoms with E-state index in [1.54, 1.807) is 7.11 Å². The van der Waals surface area contributed by atoms with Crippen molar-refractivity contribution < 1.29 is 14.3 Å². The van der Waals surface area contributed by atoms with E-state index in [9.17, 15) is 4.79 Å². The lowest BCUT2D eigenvalue weighted by Gasteiger charge is -2.39. The molecule has 4 nitrogen and oxygen atoms in total. The van der Waals surface area contributed by atoms with Crippen LogP contribution in [0, 0.1) is 10.8 Å². The van der Waals surface area contributed by atoms with Crippen LogP contribution in [0.1, 0.15) is 46.6 Å². The molecule has 0 atom stereocenters. The van der Waals surface area contributed by atoms with E-state index in [-0.39, 0.29) is 23.5 Å². The van der Waals surface area contributed by atoms with Gasteiger partial charge in [0.15, 0.2) is 0 Å². The largest absolute Gasteiger partial charge is 0.497 e. The standard InChI is InChI=1S/C18H29NO3/c1-17(2,3)18(4,5)11-12-19-16(20)22-13-14-7-9-15(21-6)10-8-14/h7-10H,11-13H2,1-6H3,(H,19,20). The second-order valence-corrected chi connectivity index (χ2v) is 7.23. The number of benzene rings is 1. The van der Waals surface area contributed by atoms with Crippen LogP contribution in [-0.4, -0.2) is 19.7 Å². The highest BCUT2D eigenvalue weighted by molar-refractivity contribution is 5.67. The number of carbonyl (C=O) groups is 1. The molecule has 0 aliphatic carbocycles. The summed E-state index contributed by atoms with van der Waals surface area (Å²) in [6.07, 6.45) is 0.536. The van der Waals surface area contributed by atoms with Gasteiger partial charge in [0.1, 0.15) is 12.4 Å². The van der Waals surface area contributed by atoms with Crippen molar-refractivity contribution in [3.05, 3.63) is 29.8 Å². The third kappa shape index (κ3) is 5.58. The molecule has 0 fully saturated rings. The first kappa shape index (κ1) is 18.3. The lowest BCUT2D eigenvalue weighted by atomic mass is 9.67. The average molecular weight is 307 g/mol. The number of nitrogens with one attached hydrogen (secondary N) is 1. The van der Waals surface area contributed by atoms with Crippen LogP contribution < -0.4 is 10.1 Å². The maximum absolute atomic E-state index is 11.7. The van der Waals surface area contributed by atoms with Gasteiger partial charge < -0.3 is 14.8 Å². The SMILES string of the molecule is COc1ccc(COC(=O)NCCC(C)(C)C(C)(C)C)cc1. The molecule has 4 heteroatoms. The molecule has 0 bridgehead atoms. The predicted molar refractivity (Wildman–Crippen MR) is 89.0 cm³/mol. The van der Waals surface area contributed by atoms with Gasteiger partial charge in [-0.25, -0.2) is 4.79 Å². The number of methoxy groups -OCH3 is 1. The maximum atomic E-state index is 11.7.